The van der Waals surface area contributed by atoms with Crippen LogP contribution in [0.3, 0.4) is 0 Å². The second-order valence-electron chi connectivity index (χ2n) is 4.23. The number of benzene rings is 2. The molecule has 0 radical (unpaired) electrons. The Morgan fingerprint density at radius 3 is 2.06 bits per heavy atom. The zero-order chi connectivity index (χ0) is 12.8. The van der Waals surface area contributed by atoms with Crippen molar-refractivity contribution in [1.29, 1.82) is 0 Å². The monoisotopic (exact) mass is 241 g/mol. The molecule has 0 unspecified atom stereocenters. The van der Waals surface area contributed by atoms with E-state index in [1.54, 1.807) is 0 Å². The van der Waals surface area contributed by atoms with E-state index in [-0.39, 0.29) is 0 Å². The van der Waals surface area contributed by atoms with E-state index in [0.717, 1.165) is 17.9 Å². The minimum absolute atomic E-state index is 0.614. The molecule has 0 aliphatic heterocycles. The molecule has 0 bridgehead atoms. The summed E-state index contributed by atoms with van der Waals surface area (Å²) in [4.78, 5) is 0. The third-order valence-corrected chi connectivity index (χ3v) is 2.98. The first-order valence-electron chi connectivity index (χ1n) is 6.30. The van der Waals surface area contributed by atoms with E-state index in [4.69, 9.17) is 4.74 Å². The number of rotatable bonds is 5. The molecule has 0 saturated heterocycles. The fourth-order valence-electron chi connectivity index (χ4n) is 1.76. The summed E-state index contributed by atoms with van der Waals surface area (Å²) < 4.78 is 5.74. The topological polar surface area (TPSA) is 21.3 Å². The number of anilines is 1. The van der Waals surface area contributed by atoms with E-state index >= 15 is 0 Å². The Balaban J connectivity index is 1.93. The maximum absolute atomic E-state index is 5.74. The van der Waals surface area contributed by atoms with Crippen LogP contribution in [-0.4, -0.2) is 7.05 Å². The highest BCUT2D eigenvalue weighted by atomic mass is 16.5. The molecule has 1 N–H and O–H groups in total. The largest absolute Gasteiger partial charge is 0.489 e. The quantitative estimate of drug-likeness (QED) is 0.858. The van der Waals surface area contributed by atoms with Crippen molar-refractivity contribution in [3.8, 4) is 5.75 Å². The van der Waals surface area contributed by atoms with Crippen LogP contribution in [-0.2, 0) is 13.0 Å². The lowest BCUT2D eigenvalue weighted by Gasteiger charge is -2.07. The molecule has 94 valence electrons. The molecule has 0 fully saturated rings. The van der Waals surface area contributed by atoms with Gasteiger partial charge in [-0.2, -0.15) is 0 Å². The smallest absolute Gasteiger partial charge is 0.119 e. The van der Waals surface area contributed by atoms with Gasteiger partial charge >= 0.3 is 0 Å². The van der Waals surface area contributed by atoms with Crippen molar-refractivity contribution in [1.82, 2.24) is 0 Å². The van der Waals surface area contributed by atoms with Crippen LogP contribution in [0.25, 0.3) is 0 Å². The molecule has 0 atom stereocenters. The summed E-state index contributed by atoms with van der Waals surface area (Å²) in [6.45, 7) is 2.78. The lowest BCUT2D eigenvalue weighted by atomic mass is 10.1. The first-order valence-corrected chi connectivity index (χ1v) is 6.30. The fourth-order valence-corrected chi connectivity index (χ4v) is 1.76. The first-order chi connectivity index (χ1) is 8.81. The van der Waals surface area contributed by atoms with Gasteiger partial charge in [0.2, 0.25) is 0 Å². The Labute approximate surface area is 109 Å². The highest BCUT2D eigenvalue weighted by molar-refractivity contribution is 5.45. The van der Waals surface area contributed by atoms with E-state index in [1.165, 1.54) is 11.1 Å². The van der Waals surface area contributed by atoms with Crippen molar-refractivity contribution in [2.75, 3.05) is 12.4 Å². The summed E-state index contributed by atoms with van der Waals surface area (Å²) in [7, 11) is 1.91. The van der Waals surface area contributed by atoms with Gasteiger partial charge in [0.25, 0.3) is 0 Å². The van der Waals surface area contributed by atoms with Crippen LogP contribution in [0.15, 0.2) is 48.5 Å². The van der Waals surface area contributed by atoms with Crippen LogP contribution in [0.4, 0.5) is 5.69 Å². The molecule has 2 aromatic rings. The molecule has 0 saturated carbocycles. The summed E-state index contributed by atoms with van der Waals surface area (Å²) >= 11 is 0. The molecule has 0 heterocycles. The number of ether oxygens (including phenoxy) is 1. The van der Waals surface area contributed by atoms with Gasteiger partial charge in [-0.3, -0.25) is 0 Å². The lowest BCUT2D eigenvalue weighted by Crippen LogP contribution is -1.96. The van der Waals surface area contributed by atoms with Gasteiger partial charge in [0.15, 0.2) is 0 Å². The van der Waals surface area contributed by atoms with Gasteiger partial charge in [-0.05, 0) is 41.8 Å². The molecule has 18 heavy (non-hydrogen) atoms. The molecule has 0 aliphatic carbocycles. The molecule has 2 rings (SSSR count). The minimum Gasteiger partial charge on any atom is -0.489 e. The average molecular weight is 241 g/mol. The Kier molecular flexibility index (Phi) is 4.24. The van der Waals surface area contributed by atoms with Crippen LogP contribution in [0.5, 0.6) is 5.75 Å². The molecule has 0 spiro atoms. The average Bonchev–Trinajstić information content (AvgIpc) is 2.46. The van der Waals surface area contributed by atoms with Crippen LogP contribution in [0.1, 0.15) is 18.1 Å². The van der Waals surface area contributed by atoms with Crippen LogP contribution < -0.4 is 10.1 Å². The van der Waals surface area contributed by atoms with E-state index in [1.807, 2.05) is 31.3 Å². The maximum atomic E-state index is 5.74. The molecule has 0 aromatic heterocycles. The van der Waals surface area contributed by atoms with Gasteiger partial charge in [0.1, 0.15) is 12.4 Å². The number of nitrogens with one attached hydrogen (secondary N) is 1. The zero-order valence-electron chi connectivity index (χ0n) is 10.9. The summed E-state index contributed by atoms with van der Waals surface area (Å²) in [6.07, 6.45) is 1.08. The molecule has 2 aromatic carbocycles. The van der Waals surface area contributed by atoms with E-state index < -0.39 is 0 Å². The molecule has 2 nitrogen and oxygen atoms in total. The second-order valence-corrected chi connectivity index (χ2v) is 4.23. The van der Waals surface area contributed by atoms with Crippen molar-refractivity contribution >= 4 is 5.69 Å². The fraction of sp³-hybridized carbons (Fsp3) is 0.250. The van der Waals surface area contributed by atoms with Gasteiger partial charge in [0, 0.05) is 12.7 Å². The Bertz CT molecular complexity index is 426. The molecule has 0 amide bonds. The van der Waals surface area contributed by atoms with E-state index in [9.17, 15) is 0 Å². The molecular formula is C16H19NO. The molecule has 0 aliphatic rings. The summed E-state index contributed by atoms with van der Waals surface area (Å²) in [6, 6.07) is 16.5. The van der Waals surface area contributed by atoms with Crippen LogP contribution in [0, 0.1) is 0 Å². The van der Waals surface area contributed by atoms with E-state index in [0.29, 0.717) is 6.61 Å². The third-order valence-electron chi connectivity index (χ3n) is 2.98. The van der Waals surface area contributed by atoms with Gasteiger partial charge in [-0.15, -0.1) is 0 Å². The number of hydrogen-bond donors (Lipinski definition) is 1. The van der Waals surface area contributed by atoms with Crippen LogP contribution >= 0.6 is 0 Å². The maximum Gasteiger partial charge on any atom is 0.119 e. The SMILES string of the molecule is CCc1ccc(COc2ccc(NC)cc2)cc1. The Morgan fingerprint density at radius 1 is 0.889 bits per heavy atom. The highest BCUT2D eigenvalue weighted by Crippen LogP contribution is 2.16. The first kappa shape index (κ1) is 12.5. The van der Waals surface area contributed by atoms with Crippen molar-refractivity contribution in [2.45, 2.75) is 20.0 Å². The Morgan fingerprint density at radius 2 is 1.50 bits per heavy atom. The normalized spacial score (nSPS) is 10.1. The number of hydrogen-bond acceptors (Lipinski definition) is 2. The van der Waals surface area contributed by atoms with Gasteiger partial charge in [-0.25, -0.2) is 0 Å². The second kappa shape index (κ2) is 6.10. The predicted octanol–water partition coefficient (Wildman–Crippen LogP) is 3.87. The summed E-state index contributed by atoms with van der Waals surface area (Å²) in [5.74, 6) is 0.897. The standard InChI is InChI=1S/C16H19NO/c1-3-13-4-6-14(7-5-13)12-18-16-10-8-15(17-2)9-11-16/h4-11,17H,3,12H2,1-2H3. The van der Waals surface area contributed by atoms with Gasteiger partial charge in [0.05, 0.1) is 0 Å². The van der Waals surface area contributed by atoms with Crippen molar-refractivity contribution < 1.29 is 4.74 Å². The third kappa shape index (κ3) is 3.27. The highest BCUT2D eigenvalue weighted by Gasteiger charge is 1.97. The van der Waals surface area contributed by atoms with Crippen molar-refractivity contribution in [3.05, 3.63) is 59.7 Å². The van der Waals surface area contributed by atoms with Gasteiger partial charge in [-0.1, -0.05) is 31.2 Å². The molecular weight excluding hydrogens is 222 g/mol. The van der Waals surface area contributed by atoms with Gasteiger partial charge < -0.3 is 10.1 Å². The van der Waals surface area contributed by atoms with Crippen molar-refractivity contribution in [2.24, 2.45) is 0 Å². The lowest BCUT2D eigenvalue weighted by molar-refractivity contribution is 0.306. The van der Waals surface area contributed by atoms with E-state index in [2.05, 4.69) is 36.5 Å². The predicted molar refractivity (Wildman–Crippen MR) is 76.1 cm³/mol. The minimum atomic E-state index is 0.614. The number of aryl methyl sites for hydroxylation is 1. The van der Waals surface area contributed by atoms with Crippen LogP contribution in [0.2, 0.25) is 0 Å². The summed E-state index contributed by atoms with van der Waals surface area (Å²) in [5, 5.41) is 3.09. The Hall–Kier alpha value is -1.96. The summed E-state index contributed by atoms with van der Waals surface area (Å²) in [5.41, 5.74) is 3.65. The van der Waals surface area contributed by atoms with Crippen molar-refractivity contribution in [3.63, 3.8) is 0 Å². The zero-order valence-corrected chi connectivity index (χ0v) is 10.9. The molecule has 2 heteroatoms.